The van der Waals surface area contributed by atoms with Crippen LogP contribution >= 0.6 is 0 Å². The average Bonchev–Trinajstić information content (AvgIpc) is 2.42. The highest BCUT2D eigenvalue weighted by molar-refractivity contribution is 6.06. The van der Waals surface area contributed by atoms with Crippen LogP contribution in [0.5, 0.6) is 0 Å². The molecule has 0 saturated carbocycles. The van der Waals surface area contributed by atoms with Crippen molar-refractivity contribution in [1.29, 1.82) is 0 Å². The number of carbonyl (C=O) groups excluding carboxylic acids is 3. The van der Waals surface area contributed by atoms with Crippen molar-refractivity contribution in [1.82, 2.24) is 10.6 Å². The molecule has 0 aromatic carbocycles. The summed E-state index contributed by atoms with van der Waals surface area (Å²) >= 11 is 0. The van der Waals surface area contributed by atoms with Gasteiger partial charge < -0.3 is 10.4 Å². The summed E-state index contributed by atoms with van der Waals surface area (Å²) in [6.45, 7) is -0.0663. The highest BCUT2D eigenvalue weighted by atomic mass is 16.3. The Labute approximate surface area is 80.7 Å². The quantitative estimate of drug-likeness (QED) is 0.471. The van der Waals surface area contributed by atoms with Crippen LogP contribution in [-0.2, 0) is 14.4 Å². The van der Waals surface area contributed by atoms with Gasteiger partial charge in [-0.2, -0.15) is 0 Å². The van der Waals surface area contributed by atoms with Crippen molar-refractivity contribution in [3.05, 3.63) is 0 Å². The van der Waals surface area contributed by atoms with Crippen LogP contribution in [0.2, 0.25) is 0 Å². The van der Waals surface area contributed by atoms with E-state index < -0.39 is 11.9 Å². The maximum atomic E-state index is 11.1. The molecule has 0 aromatic rings. The first-order chi connectivity index (χ1) is 6.63. The van der Waals surface area contributed by atoms with Crippen LogP contribution in [0.15, 0.2) is 0 Å². The van der Waals surface area contributed by atoms with Crippen LogP contribution < -0.4 is 10.6 Å². The van der Waals surface area contributed by atoms with Crippen LogP contribution in [0.3, 0.4) is 0 Å². The second-order valence-corrected chi connectivity index (χ2v) is 3.06. The molecule has 78 valence electrons. The highest BCUT2D eigenvalue weighted by Crippen LogP contribution is 2.01. The van der Waals surface area contributed by atoms with E-state index in [1.165, 1.54) is 0 Å². The van der Waals surface area contributed by atoms with Gasteiger partial charge in [-0.15, -0.1) is 0 Å². The van der Waals surface area contributed by atoms with Gasteiger partial charge in [-0.3, -0.25) is 19.7 Å². The van der Waals surface area contributed by atoms with E-state index in [1.54, 1.807) is 0 Å². The van der Waals surface area contributed by atoms with E-state index in [0.717, 1.165) is 0 Å². The van der Waals surface area contributed by atoms with Gasteiger partial charge in [0.05, 0.1) is 6.42 Å². The fraction of sp³-hybridized carbons (Fsp3) is 0.625. The van der Waals surface area contributed by atoms with Crippen LogP contribution in [0.4, 0.5) is 0 Å². The first-order valence-corrected chi connectivity index (χ1v) is 4.37. The normalized spacial score (nSPS) is 20.8. The average molecular weight is 200 g/mol. The monoisotopic (exact) mass is 200 g/mol. The molecule has 1 rings (SSSR count). The van der Waals surface area contributed by atoms with Gasteiger partial charge in [0.15, 0.2) is 0 Å². The summed E-state index contributed by atoms with van der Waals surface area (Å²) in [6.07, 6.45) is 0.520. The minimum atomic E-state index is -0.742. The van der Waals surface area contributed by atoms with Gasteiger partial charge >= 0.3 is 0 Å². The molecule has 1 saturated heterocycles. The number of rotatable bonds is 4. The number of hydrogen-bond acceptors (Lipinski definition) is 4. The third-order valence-electron chi connectivity index (χ3n) is 1.87. The van der Waals surface area contributed by atoms with Crippen molar-refractivity contribution in [2.75, 3.05) is 6.61 Å². The molecule has 0 radical (unpaired) electrons. The summed E-state index contributed by atoms with van der Waals surface area (Å²) in [5.41, 5.74) is 0. The van der Waals surface area contributed by atoms with Gasteiger partial charge in [0.1, 0.15) is 6.04 Å². The fourth-order valence-corrected chi connectivity index (χ4v) is 1.18. The van der Waals surface area contributed by atoms with Crippen LogP contribution in [0.1, 0.15) is 19.3 Å². The lowest BCUT2D eigenvalue weighted by Gasteiger charge is -2.07. The predicted octanol–water partition coefficient (Wildman–Crippen LogP) is -1.71. The standard InChI is InChI=1S/C8H12N2O4/c11-3-1-2-6(12)9-5-4-7(13)10-8(5)14/h5,11H,1-4H2,(H,9,12)(H,10,13,14). The minimum absolute atomic E-state index is 0.00367. The van der Waals surface area contributed by atoms with Crippen molar-refractivity contribution in [3.63, 3.8) is 0 Å². The lowest BCUT2D eigenvalue weighted by Crippen LogP contribution is -2.40. The van der Waals surface area contributed by atoms with Crippen molar-refractivity contribution in [2.24, 2.45) is 0 Å². The smallest absolute Gasteiger partial charge is 0.249 e. The predicted molar refractivity (Wildman–Crippen MR) is 46.0 cm³/mol. The molecule has 0 bridgehead atoms. The largest absolute Gasteiger partial charge is 0.396 e. The summed E-state index contributed by atoms with van der Waals surface area (Å²) in [6, 6.07) is -0.742. The Morgan fingerprint density at radius 1 is 1.57 bits per heavy atom. The van der Waals surface area contributed by atoms with Gasteiger partial charge in [0.2, 0.25) is 17.7 Å². The molecule has 0 aromatic heterocycles. The first kappa shape index (κ1) is 10.6. The van der Waals surface area contributed by atoms with Gasteiger partial charge in [-0.05, 0) is 6.42 Å². The van der Waals surface area contributed by atoms with Gasteiger partial charge in [0, 0.05) is 13.0 Å². The van der Waals surface area contributed by atoms with E-state index in [9.17, 15) is 14.4 Å². The van der Waals surface area contributed by atoms with Crippen LogP contribution in [-0.4, -0.2) is 35.5 Å². The first-order valence-electron chi connectivity index (χ1n) is 4.37. The van der Waals surface area contributed by atoms with Crippen LogP contribution in [0.25, 0.3) is 0 Å². The molecule has 14 heavy (non-hydrogen) atoms. The Kier molecular flexibility index (Phi) is 3.58. The molecular weight excluding hydrogens is 188 g/mol. The number of nitrogens with one attached hydrogen (secondary N) is 2. The lowest BCUT2D eigenvalue weighted by atomic mass is 10.2. The highest BCUT2D eigenvalue weighted by Gasteiger charge is 2.31. The molecule has 1 fully saturated rings. The maximum Gasteiger partial charge on any atom is 0.249 e. The molecular formula is C8H12N2O4. The minimum Gasteiger partial charge on any atom is -0.396 e. The topological polar surface area (TPSA) is 95.5 Å². The maximum absolute atomic E-state index is 11.1. The van der Waals surface area contributed by atoms with Crippen molar-refractivity contribution in [2.45, 2.75) is 25.3 Å². The zero-order chi connectivity index (χ0) is 10.6. The summed E-state index contributed by atoms with van der Waals surface area (Å²) in [4.78, 5) is 32.8. The molecule has 6 heteroatoms. The second-order valence-electron chi connectivity index (χ2n) is 3.06. The number of carbonyl (C=O) groups is 3. The Morgan fingerprint density at radius 2 is 2.29 bits per heavy atom. The summed E-state index contributed by atoms with van der Waals surface area (Å²) in [5, 5.41) is 13.0. The lowest BCUT2D eigenvalue weighted by molar-refractivity contribution is -0.128. The van der Waals surface area contributed by atoms with Crippen molar-refractivity contribution in [3.8, 4) is 0 Å². The molecule has 1 unspecified atom stereocenters. The number of aliphatic hydroxyl groups excluding tert-OH is 1. The van der Waals surface area contributed by atoms with E-state index >= 15 is 0 Å². The van der Waals surface area contributed by atoms with Gasteiger partial charge in [0.25, 0.3) is 0 Å². The van der Waals surface area contributed by atoms with E-state index in [2.05, 4.69) is 10.6 Å². The molecule has 3 N–H and O–H groups in total. The molecule has 1 atom stereocenters. The van der Waals surface area contributed by atoms with Crippen molar-refractivity contribution >= 4 is 17.7 Å². The van der Waals surface area contributed by atoms with Crippen molar-refractivity contribution < 1.29 is 19.5 Å². The number of aliphatic hydroxyl groups is 1. The third kappa shape index (κ3) is 2.81. The molecule has 1 aliphatic rings. The second kappa shape index (κ2) is 4.71. The summed E-state index contributed by atoms with van der Waals surface area (Å²) < 4.78 is 0. The van der Waals surface area contributed by atoms with E-state index in [1.807, 2.05) is 0 Å². The third-order valence-corrected chi connectivity index (χ3v) is 1.87. The van der Waals surface area contributed by atoms with Gasteiger partial charge in [-0.1, -0.05) is 0 Å². The Bertz CT molecular complexity index is 264. The Morgan fingerprint density at radius 3 is 2.79 bits per heavy atom. The number of amides is 3. The summed E-state index contributed by atoms with van der Waals surface area (Å²) in [7, 11) is 0. The zero-order valence-electron chi connectivity index (χ0n) is 7.58. The SMILES string of the molecule is O=C1CC(NC(=O)CCCO)C(=O)N1. The molecule has 0 spiro atoms. The summed E-state index contributed by atoms with van der Waals surface area (Å²) in [5.74, 6) is -1.16. The van der Waals surface area contributed by atoms with E-state index in [-0.39, 0.29) is 31.3 Å². The number of hydrogen-bond donors (Lipinski definition) is 3. The molecule has 1 heterocycles. The van der Waals surface area contributed by atoms with E-state index in [0.29, 0.717) is 6.42 Å². The fourth-order valence-electron chi connectivity index (χ4n) is 1.18. The molecule has 6 nitrogen and oxygen atoms in total. The zero-order valence-corrected chi connectivity index (χ0v) is 7.58. The molecule has 0 aliphatic carbocycles. The molecule has 3 amide bonds. The Balaban J connectivity index is 2.33. The van der Waals surface area contributed by atoms with Crippen LogP contribution in [0, 0.1) is 0 Å². The molecule has 1 aliphatic heterocycles. The Hall–Kier alpha value is -1.43. The van der Waals surface area contributed by atoms with E-state index in [4.69, 9.17) is 5.11 Å². The number of imide groups is 1. The van der Waals surface area contributed by atoms with Gasteiger partial charge in [-0.25, -0.2) is 0 Å².